The number of nitrogens with two attached hydrogens (primary N) is 1. The summed E-state index contributed by atoms with van der Waals surface area (Å²) in [6.07, 6.45) is 0.777. The number of aryl methyl sites for hydroxylation is 1. The van der Waals surface area contributed by atoms with Crippen LogP contribution in [0.25, 0.3) is 5.69 Å². The highest BCUT2D eigenvalue weighted by atomic mass is 32.2. The summed E-state index contributed by atoms with van der Waals surface area (Å²) in [6.45, 7) is 2.02. The zero-order valence-corrected chi connectivity index (χ0v) is 10.9. The van der Waals surface area contributed by atoms with Crippen molar-refractivity contribution in [2.75, 3.05) is 5.75 Å². The molecule has 0 aliphatic heterocycles. The first-order chi connectivity index (χ1) is 8.72. The largest absolute Gasteiger partial charge is 0.369 e. The lowest BCUT2D eigenvalue weighted by Gasteiger charge is -2.08. The van der Waals surface area contributed by atoms with Crippen LogP contribution in [-0.2, 0) is 11.2 Å². The molecule has 0 fully saturated rings. The predicted octanol–water partition coefficient (Wildman–Crippen LogP) is 1.41. The van der Waals surface area contributed by atoms with Crippen molar-refractivity contribution in [3.63, 3.8) is 0 Å². The molecular weight excluding hydrogens is 248 g/mol. The fraction of sp³-hybridized carbons (Fsp3) is 0.250. The maximum absolute atomic E-state index is 10.8. The zero-order valence-electron chi connectivity index (χ0n) is 10.0. The minimum absolute atomic E-state index is 0.203. The Bertz CT molecular complexity index is 538. The van der Waals surface area contributed by atoms with Crippen molar-refractivity contribution in [2.45, 2.75) is 18.5 Å². The SMILES string of the molecule is CCc1nnc(SCC(N)=O)n1-c1ccccc1. The number of carbonyl (C=O) groups is 1. The van der Waals surface area contributed by atoms with Crippen molar-refractivity contribution in [1.82, 2.24) is 14.8 Å². The fourth-order valence-corrected chi connectivity index (χ4v) is 2.30. The Morgan fingerprint density at radius 3 is 2.67 bits per heavy atom. The van der Waals surface area contributed by atoms with Gasteiger partial charge in [0.15, 0.2) is 5.16 Å². The Morgan fingerprint density at radius 1 is 1.33 bits per heavy atom. The summed E-state index contributed by atoms with van der Waals surface area (Å²) in [6, 6.07) is 9.83. The van der Waals surface area contributed by atoms with Crippen molar-refractivity contribution < 1.29 is 4.79 Å². The summed E-state index contributed by atoms with van der Waals surface area (Å²) in [5.41, 5.74) is 6.14. The number of primary amides is 1. The summed E-state index contributed by atoms with van der Waals surface area (Å²) in [5, 5.41) is 8.92. The number of carbonyl (C=O) groups excluding carboxylic acids is 1. The van der Waals surface area contributed by atoms with E-state index in [4.69, 9.17) is 5.73 Å². The molecule has 94 valence electrons. The topological polar surface area (TPSA) is 73.8 Å². The van der Waals surface area contributed by atoms with Gasteiger partial charge in [-0.15, -0.1) is 10.2 Å². The molecule has 0 radical (unpaired) electrons. The van der Waals surface area contributed by atoms with Crippen LogP contribution in [0.5, 0.6) is 0 Å². The minimum atomic E-state index is -0.360. The van der Waals surface area contributed by atoms with Gasteiger partial charge in [0.05, 0.1) is 5.75 Å². The molecule has 6 heteroatoms. The van der Waals surface area contributed by atoms with E-state index in [1.165, 1.54) is 11.8 Å². The van der Waals surface area contributed by atoms with E-state index >= 15 is 0 Å². The molecule has 1 aromatic heterocycles. The van der Waals surface area contributed by atoms with Gasteiger partial charge in [0.25, 0.3) is 0 Å². The van der Waals surface area contributed by atoms with Crippen LogP contribution in [-0.4, -0.2) is 26.4 Å². The van der Waals surface area contributed by atoms with Crippen molar-refractivity contribution in [3.05, 3.63) is 36.2 Å². The van der Waals surface area contributed by atoms with Gasteiger partial charge in [0, 0.05) is 12.1 Å². The molecule has 2 aromatic rings. The van der Waals surface area contributed by atoms with Crippen LogP contribution in [0.15, 0.2) is 35.5 Å². The van der Waals surface area contributed by atoms with E-state index in [9.17, 15) is 4.79 Å². The number of nitrogens with zero attached hydrogens (tertiary/aromatic N) is 3. The van der Waals surface area contributed by atoms with Crippen LogP contribution < -0.4 is 5.73 Å². The number of aromatic nitrogens is 3. The van der Waals surface area contributed by atoms with Crippen LogP contribution in [0, 0.1) is 0 Å². The number of para-hydroxylation sites is 1. The van der Waals surface area contributed by atoms with Crippen LogP contribution in [0.2, 0.25) is 0 Å². The standard InChI is InChI=1S/C12H14N4OS/c1-2-11-14-15-12(18-8-10(13)17)16(11)9-6-4-3-5-7-9/h3-7H,2,8H2,1H3,(H2,13,17). The highest BCUT2D eigenvalue weighted by molar-refractivity contribution is 7.99. The molecule has 0 aliphatic rings. The molecule has 0 saturated carbocycles. The third-order valence-corrected chi connectivity index (χ3v) is 3.33. The second-order valence-electron chi connectivity index (χ2n) is 3.68. The Morgan fingerprint density at radius 2 is 2.06 bits per heavy atom. The Labute approximate surface area is 109 Å². The lowest BCUT2D eigenvalue weighted by molar-refractivity contribution is -0.115. The average molecular weight is 262 g/mol. The molecule has 0 spiro atoms. The van der Waals surface area contributed by atoms with Gasteiger partial charge in [-0.1, -0.05) is 36.9 Å². The van der Waals surface area contributed by atoms with Crippen LogP contribution >= 0.6 is 11.8 Å². The summed E-state index contributed by atoms with van der Waals surface area (Å²) in [4.78, 5) is 10.8. The maximum Gasteiger partial charge on any atom is 0.227 e. The quantitative estimate of drug-likeness (QED) is 0.827. The molecule has 5 nitrogen and oxygen atoms in total. The molecule has 1 heterocycles. The number of hydrogen-bond donors (Lipinski definition) is 1. The highest BCUT2D eigenvalue weighted by Gasteiger charge is 2.13. The van der Waals surface area contributed by atoms with Crippen molar-refractivity contribution in [2.24, 2.45) is 5.73 Å². The van der Waals surface area contributed by atoms with Crippen molar-refractivity contribution >= 4 is 17.7 Å². The number of benzene rings is 1. The summed E-state index contributed by atoms with van der Waals surface area (Å²) in [7, 11) is 0. The summed E-state index contributed by atoms with van der Waals surface area (Å²) >= 11 is 1.30. The smallest absolute Gasteiger partial charge is 0.227 e. The Balaban J connectivity index is 2.37. The molecule has 0 unspecified atom stereocenters. The third-order valence-electron chi connectivity index (χ3n) is 2.37. The second kappa shape index (κ2) is 5.68. The van der Waals surface area contributed by atoms with E-state index in [1.807, 2.05) is 41.8 Å². The van der Waals surface area contributed by atoms with Gasteiger partial charge in [-0.25, -0.2) is 0 Å². The molecule has 1 amide bonds. The van der Waals surface area contributed by atoms with Gasteiger partial charge in [-0.05, 0) is 12.1 Å². The summed E-state index contributed by atoms with van der Waals surface area (Å²) < 4.78 is 1.95. The van der Waals surface area contributed by atoms with Crippen molar-refractivity contribution in [1.29, 1.82) is 0 Å². The van der Waals surface area contributed by atoms with E-state index in [2.05, 4.69) is 10.2 Å². The zero-order chi connectivity index (χ0) is 13.0. The van der Waals surface area contributed by atoms with Crippen LogP contribution in [0.3, 0.4) is 0 Å². The second-order valence-corrected chi connectivity index (χ2v) is 4.62. The molecule has 0 bridgehead atoms. The Hall–Kier alpha value is -1.82. The van der Waals surface area contributed by atoms with Crippen molar-refractivity contribution in [3.8, 4) is 5.69 Å². The predicted molar refractivity (Wildman–Crippen MR) is 70.7 cm³/mol. The lowest BCUT2D eigenvalue weighted by atomic mass is 10.3. The van der Waals surface area contributed by atoms with E-state index < -0.39 is 0 Å². The molecule has 2 rings (SSSR count). The molecule has 0 aliphatic carbocycles. The van der Waals surface area contributed by atoms with Gasteiger partial charge in [0.2, 0.25) is 5.91 Å². The maximum atomic E-state index is 10.8. The molecule has 18 heavy (non-hydrogen) atoms. The number of rotatable bonds is 5. The number of amides is 1. The van der Waals surface area contributed by atoms with Gasteiger partial charge in [-0.2, -0.15) is 0 Å². The fourth-order valence-electron chi connectivity index (χ4n) is 1.59. The molecule has 2 N–H and O–H groups in total. The number of thioether (sulfide) groups is 1. The molecule has 0 saturated heterocycles. The summed E-state index contributed by atoms with van der Waals surface area (Å²) in [5.74, 6) is 0.711. The van der Waals surface area contributed by atoms with Gasteiger partial charge < -0.3 is 5.73 Å². The molecule has 1 aromatic carbocycles. The Kier molecular flexibility index (Phi) is 3.99. The minimum Gasteiger partial charge on any atom is -0.369 e. The number of hydrogen-bond acceptors (Lipinski definition) is 4. The van der Waals surface area contributed by atoms with Gasteiger partial charge >= 0.3 is 0 Å². The van der Waals surface area contributed by atoms with Gasteiger partial charge in [-0.3, -0.25) is 9.36 Å². The lowest BCUT2D eigenvalue weighted by Crippen LogP contribution is -2.13. The van der Waals surface area contributed by atoms with E-state index in [0.29, 0.717) is 5.16 Å². The monoisotopic (exact) mass is 262 g/mol. The van der Waals surface area contributed by atoms with Crippen LogP contribution in [0.1, 0.15) is 12.7 Å². The van der Waals surface area contributed by atoms with Gasteiger partial charge in [0.1, 0.15) is 5.82 Å². The third kappa shape index (κ3) is 2.70. The normalized spacial score (nSPS) is 10.5. The first kappa shape index (κ1) is 12.6. The van der Waals surface area contributed by atoms with E-state index in [-0.39, 0.29) is 11.7 Å². The van der Waals surface area contributed by atoms with E-state index in [0.717, 1.165) is 17.9 Å². The average Bonchev–Trinajstić information content (AvgIpc) is 2.80. The van der Waals surface area contributed by atoms with Crippen LogP contribution in [0.4, 0.5) is 0 Å². The molecular formula is C12H14N4OS. The molecule has 0 atom stereocenters. The first-order valence-electron chi connectivity index (χ1n) is 5.63. The van der Waals surface area contributed by atoms with E-state index in [1.54, 1.807) is 0 Å². The first-order valence-corrected chi connectivity index (χ1v) is 6.61. The highest BCUT2D eigenvalue weighted by Crippen LogP contribution is 2.21.